The van der Waals surface area contributed by atoms with Crippen LogP contribution in [0.2, 0.25) is 0 Å². The molecular weight excluding hydrogens is 226 g/mol. The zero-order valence-corrected chi connectivity index (χ0v) is 10.9. The molecule has 0 N–H and O–H groups in total. The van der Waals surface area contributed by atoms with Crippen molar-refractivity contribution in [2.45, 2.75) is 37.6 Å². The summed E-state index contributed by atoms with van der Waals surface area (Å²) in [6.07, 6.45) is 0.393. The van der Waals surface area contributed by atoms with Crippen molar-refractivity contribution in [3.05, 3.63) is 5.82 Å². The minimum Gasteiger partial charge on any atom is -0.466 e. The maximum atomic E-state index is 11.3. The van der Waals surface area contributed by atoms with Crippen molar-refractivity contribution >= 4 is 17.7 Å². The van der Waals surface area contributed by atoms with Gasteiger partial charge in [-0.1, -0.05) is 18.7 Å². The van der Waals surface area contributed by atoms with E-state index >= 15 is 0 Å². The molecule has 0 fully saturated rings. The number of ether oxygens (including phenoxy) is 1. The van der Waals surface area contributed by atoms with Gasteiger partial charge in [-0.05, 0) is 13.8 Å². The predicted molar refractivity (Wildman–Crippen MR) is 62.3 cm³/mol. The molecule has 1 unspecified atom stereocenters. The van der Waals surface area contributed by atoms with Crippen LogP contribution in [0, 0.1) is 6.92 Å². The molecule has 0 radical (unpaired) electrons. The lowest BCUT2D eigenvalue weighted by Gasteiger charge is -2.09. The minimum atomic E-state index is -0.165. The van der Waals surface area contributed by atoms with Gasteiger partial charge in [-0.25, -0.2) is 0 Å². The number of thioether (sulfide) groups is 1. The zero-order chi connectivity index (χ0) is 12.1. The highest BCUT2D eigenvalue weighted by atomic mass is 32.2. The summed E-state index contributed by atoms with van der Waals surface area (Å²) in [5.74, 6) is 0.701. The molecule has 1 aromatic rings. The van der Waals surface area contributed by atoms with E-state index < -0.39 is 0 Å². The van der Waals surface area contributed by atoms with Gasteiger partial charge in [-0.2, -0.15) is 0 Å². The number of rotatable bonds is 5. The topological polar surface area (TPSA) is 57.0 Å². The first-order valence-electron chi connectivity index (χ1n) is 5.22. The summed E-state index contributed by atoms with van der Waals surface area (Å²) in [6, 6.07) is 0. The van der Waals surface area contributed by atoms with Crippen LogP contribution in [0.1, 0.15) is 26.1 Å². The molecule has 0 saturated carbocycles. The van der Waals surface area contributed by atoms with E-state index in [1.165, 1.54) is 11.8 Å². The molecule has 0 aliphatic carbocycles. The number of aryl methyl sites for hydroxylation is 1. The van der Waals surface area contributed by atoms with Gasteiger partial charge in [0.25, 0.3) is 0 Å². The monoisotopic (exact) mass is 243 g/mol. The van der Waals surface area contributed by atoms with Crippen molar-refractivity contribution in [2.75, 3.05) is 6.61 Å². The Kier molecular flexibility index (Phi) is 4.79. The van der Waals surface area contributed by atoms with Crippen molar-refractivity contribution in [1.82, 2.24) is 14.8 Å². The lowest BCUT2D eigenvalue weighted by Crippen LogP contribution is -2.11. The summed E-state index contributed by atoms with van der Waals surface area (Å²) < 4.78 is 6.80. The highest BCUT2D eigenvalue weighted by Crippen LogP contribution is 2.23. The molecule has 0 saturated heterocycles. The summed E-state index contributed by atoms with van der Waals surface area (Å²) in [5, 5.41) is 8.96. The number of carbonyl (C=O) groups is 1. The van der Waals surface area contributed by atoms with Crippen molar-refractivity contribution in [2.24, 2.45) is 7.05 Å². The third-order valence-corrected chi connectivity index (χ3v) is 3.25. The molecule has 5 nitrogen and oxygen atoms in total. The Balaban J connectivity index is 2.48. The van der Waals surface area contributed by atoms with Crippen molar-refractivity contribution < 1.29 is 9.53 Å². The molecule has 1 atom stereocenters. The number of hydrogen-bond donors (Lipinski definition) is 0. The first-order chi connectivity index (χ1) is 7.54. The fourth-order valence-electron chi connectivity index (χ4n) is 1.17. The molecule has 16 heavy (non-hydrogen) atoms. The van der Waals surface area contributed by atoms with E-state index in [1.54, 1.807) is 0 Å². The van der Waals surface area contributed by atoms with Crippen LogP contribution in [0.15, 0.2) is 5.16 Å². The first-order valence-corrected chi connectivity index (χ1v) is 6.10. The average molecular weight is 243 g/mol. The van der Waals surface area contributed by atoms with Crippen molar-refractivity contribution in [3.8, 4) is 0 Å². The Morgan fingerprint density at radius 2 is 2.25 bits per heavy atom. The van der Waals surface area contributed by atoms with E-state index in [1.807, 2.05) is 32.4 Å². The average Bonchev–Trinajstić information content (AvgIpc) is 2.50. The number of esters is 1. The molecule has 1 rings (SSSR count). The fraction of sp³-hybridized carbons (Fsp3) is 0.700. The van der Waals surface area contributed by atoms with Gasteiger partial charge in [0, 0.05) is 12.3 Å². The maximum absolute atomic E-state index is 11.3. The maximum Gasteiger partial charge on any atom is 0.306 e. The molecule has 0 aromatic carbocycles. The summed E-state index contributed by atoms with van der Waals surface area (Å²) in [7, 11) is 1.91. The van der Waals surface area contributed by atoms with Gasteiger partial charge in [-0.15, -0.1) is 10.2 Å². The molecule has 0 aliphatic rings. The van der Waals surface area contributed by atoms with Crippen LogP contribution in [0.5, 0.6) is 0 Å². The van der Waals surface area contributed by atoms with E-state index in [2.05, 4.69) is 10.2 Å². The first kappa shape index (κ1) is 13.0. The SMILES string of the molecule is CCOC(=O)CC(C)Sc1nnc(C)n1C. The normalized spacial score (nSPS) is 12.5. The Morgan fingerprint density at radius 1 is 1.56 bits per heavy atom. The lowest BCUT2D eigenvalue weighted by molar-refractivity contribution is -0.142. The smallest absolute Gasteiger partial charge is 0.306 e. The molecule has 1 aromatic heterocycles. The molecule has 90 valence electrons. The van der Waals surface area contributed by atoms with Crippen molar-refractivity contribution in [1.29, 1.82) is 0 Å². The van der Waals surface area contributed by atoms with Crippen LogP contribution in [-0.2, 0) is 16.6 Å². The third kappa shape index (κ3) is 3.52. The van der Waals surface area contributed by atoms with E-state index in [9.17, 15) is 4.79 Å². The zero-order valence-electron chi connectivity index (χ0n) is 10.1. The molecule has 0 spiro atoms. The highest BCUT2D eigenvalue weighted by molar-refractivity contribution is 7.99. The van der Waals surface area contributed by atoms with Gasteiger partial charge < -0.3 is 9.30 Å². The summed E-state index contributed by atoms with van der Waals surface area (Å²) >= 11 is 1.53. The van der Waals surface area contributed by atoms with Gasteiger partial charge in [0.2, 0.25) is 0 Å². The van der Waals surface area contributed by atoms with Crippen LogP contribution in [0.4, 0.5) is 0 Å². The highest BCUT2D eigenvalue weighted by Gasteiger charge is 2.14. The third-order valence-electron chi connectivity index (χ3n) is 2.12. The molecule has 6 heteroatoms. The Hall–Kier alpha value is -1.04. The summed E-state index contributed by atoms with van der Waals surface area (Å²) in [5.41, 5.74) is 0. The number of nitrogens with zero attached hydrogens (tertiary/aromatic N) is 3. The standard InChI is InChI=1S/C10H17N3O2S/c1-5-15-9(14)6-7(2)16-10-12-11-8(3)13(10)4/h7H,5-6H2,1-4H3. The predicted octanol–water partition coefficient (Wildman–Crippen LogP) is 1.56. The molecule has 1 heterocycles. The van der Waals surface area contributed by atoms with E-state index in [0.717, 1.165) is 11.0 Å². The van der Waals surface area contributed by atoms with Gasteiger partial charge in [-0.3, -0.25) is 4.79 Å². The summed E-state index contributed by atoms with van der Waals surface area (Å²) in [6.45, 7) is 6.11. The van der Waals surface area contributed by atoms with Crippen molar-refractivity contribution in [3.63, 3.8) is 0 Å². The summed E-state index contributed by atoms with van der Waals surface area (Å²) in [4.78, 5) is 11.3. The Labute approximate surface area is 99.6 Å². The van der Waals surface area contributed by atoms with Gasteiger partial charge in [0.05, 0.1) is 13.0 Å². The largest absolute Gasteiger partial charge is 0.466 e. The molecule has 0 aliphatic heterocycles. The number of carbonyl (C=O) groups excluding carboxylic acids is 1. The number of aromatic nitrogens is 3. The molecule has 0 bridgehead atoms. The second kappa shape index (κ2) is 5.89. The second-order valence-electron chi connectivity index (χ2n) is 3.53. The van der Waals surface area contributed by atoms with Gasteiger partial charge in [0.15, 0.2) is 5.16 Å². The Bertz CT molecular complexity index is 365. The van der Waals surface area contributed by atoms with Gasteiger partial charge >= 0.3 is 5.97 Å². The quantitative estimate of drug-likeness (QED) is 0.580. The fourth-order valence-corrected chi connectivity index (χ4v) is 2.12. The van der Waals surface area contributed by atoms with E-state index in [0.29, 0.717) is 13.0 Å². The second-order valence-corrected chi connectivity index (χ2v) is 4.93. The van der Waals surface area contributed by atoms with E-state index in [-0.39, 0.29) is 11.2 Å². The minimum absolute atomic E-state index is 0.140. The van der Waals surface area contributed by atoms with E-state index in [4.69, 9.17) is 4.74 Å². The van der Waals surface area contributed by atoms with Crippen LogP contribution in [-0.4, -0.2) is 32.6 Å². The van der Waals surface area contributed by atoms with Crippen LogP contribution in [0.3, 0.4) is 0 Å². The number of hydrogen-bond acceptors (Lipinski definition) is 5. The van der Waals surface area contributed by atoms with Gasteiger partial charge in [0.1, 0.15) is 5.82 Å². The lowest BCUT2D eigenvalue weighted by atomic mass is 10.3. The van der Waals surface area contributed by atoms with Crippen LogP contribution in [0.25, 0.3) is 0 Å². The Morgan fingerprint density at radius 3 is 2.75 bits per heavy atom. The molecular formula is C10H17N3O2S. The molecule has 0 amide bonds. The van der Waals surface area contributed by atoms with Crippen LogP contribution >= 0.6 is 11.8 Å². The van der Waals surface area contributed by atoms with Crippen LogP contribution < -0.4 is 0 Å².